The Morgan fingerprint density at radius 2 is 2.15 bits per heavy atom. The van der Waals surface area contributed by atoms with E-state index < -0.39 is 0 Å². The van der Waals surface area contributed by atoms with Crippen LogP contribution in [0.15, 0.2) is 28.1 Å². The van der Waals surface area contributed by atoms with Gasteiger partial charge >= 0.3 is 0 Å². The van der Waals surface area contributed by atoms with Gasteiger partial charge in [-0.3, -0.25) is 0 Å². The highest BCUT2D eigenvalue weighted by molar-refractivity contribution is 9.11. The number of benzene rings is 1. The number of thiophene rings is 1. The maximum atomic E-state index is 14.3. The molecule has 1 nitrogen and oxygen atoms in total. The fraction of sp³-hybridized carbons (Fsp3) is 0.333. The number of hydrogen-bond donors (Lipinski definition) is 1. The molecule has 108 valence electrons. The standard InChI is InChI=1S/C15H16BrClFNS/c1-3-7-19-15(11-8-13(16)20-9(11)2)10-5-4-6-12(17)14(10)18/h4-6,8,15,19H,3,7H2,1-2H3. The van der Waals surface area contributed by atoms with Gasteiger partial charge in [0.2, 0.25) is 0 Å². The number of rotatable bonds is 5. The van der Waals surface area contributed by atoms with E-state index in [1.165, 1.54) is 4.88 Å². The van der Waals surface area contributed by atoms with E-state index in [4.69, 9.17) is 11.6 Å². The van der Waals surface area contributed by atoms with Crippen LogP contribution >= 0.6 is 38.9 Å². The molecule has 0 bridgehead atoms. The highest BCUT2D eigenvalue weighted by Gasteiger charge is 2.21. The summed E-state index contributed by atoms with van der Waals surface area (Å²) in [6, 6.07) is 7.04. The van der Waals surface area contributed by atoms with Gasteiger partial charge in [0.25, 0.3) is 0 Å². The van der Waals surface area contributed by atoms with Crippen molar-refractivity contribution in [2.24, 2.45) is 0 Å². The molecule has 0 saturated carbocycles. The first-order chi connectivity index (χ1) is 9.54. The molecular formula is C15H16BrClFNS. The summed E-state index contributed by atoms with van der Waals surface area (Å²) in [5.74, 6) is -0.343. The van der Waals surface area contributed by atoms with Gasteiger partial charge in [0, 0.05) is 10.4 Å². The summed E-state index contributed by atoms with van der Waals surface area (Å²) in [6.07, 6.45) is 0.989. The molecule has 0 aliphatic carbocycles. The Bertz CT molecular complexity index is 600. The van der Waals surface area contributed by atoms with E-state index in [2.05, 4.69) is 28.2 Å². The lowest BCUT2D eigenvalue weighted by Crippen LogP contribution is -2.24. The molecule has 1 unspecified atom stereocenters. The van der Waals surface area contributed by atoms with Crippen molar-refractivity contribution < 1.29 is 4.39 Å². The third kappa shape index (κ3) is 3.42. The lowest BCUT2D eigenvalue weighted by molar-refractivity contribution is 0.546. The molecule has 1 aromatic heterocycles. The first kappa shape index (κ1) is 16.0. The van der Waals surface area contributed by atoms with Gasteiger partial charge in [0.15, 0.2) is 0 Å². The van der Waals surface area contributed by atoms with Crippen molar-refractivity contribution in [3.05, 3.63) is 54.9 Å². The molecule has 0 aliphatic heterocycles. The molecule has 0 amide bonds. The minimum Gasteiger partial charge on any atom is -0.306 e. The minimum atomic E-state index is -0.343. The SMILES string of the molecule is CCCNC(c1cc(Br)sc1C)c1cccc(Cl)c1F. The van der Waals surface area contributed by atoms with E-state index in [0.29, 0.717) is 5.56 Å². The molecule has 1 N–H and O–H groups in total. The largest absolute Gasteiger partial charge is 0.306 e. The monoisotopic (exact) mass is 375 g/mol. The zero-order valence-corrected chi connectivity index (χ0v) is 14.5. The Kier molecular flexibility index (Phi) is 5.61. The fourth-order valence-electron chi connectivity index (χ4n) is 2.16. The van der Waals surface area contributed by atoms with Gasteiger partial charge in [-0.1, -0.05) is 30.7 Å². The van der Waals surface area contributed by atoms with Crippen LogP contribution in [0.4, 0.5) is 4.39 Å². The van der Waals surface area contributed by atoms with E-state index in [1.807, 2.05) is 13.0 Å². The molecule has 1 heterocycles. The van der Waals surface area contributed by atoms with E-state index in [0.717, 1.165) is 22.3 Å². The number of nitrogens with one attached hydrogen (secondary N) is 1. The molecule has 0 spiro atoms. The molecule has 2 rings (SSSR count). The Morgan fingerprint density at radius 1 is 1.40 bits per heavy atom. The molecule has 0 fully saturated rings. The van der Waals surface area contributed by atoms with Gasteiger partial charge in [0.1, 0.15) is 5.82 Å². The van der Waals surface area contributed by atoms with Crippen LogP contribution in [0.2, 0.25) is 5.02 Å². The van der Waals surface area contributed by atoms with Gasteiger partial charge in [0.05, 0.1) is 14.9 Å². The molecule has 1 atom stereocenters. The minimum absolute atomic E-state index is 0.165. The summed E-state index contributed by atoms with van der Waals surface area (Å²) in [5, 5.41) is 3.58. The van der Waals surface area contributed by atoms with Crippen LogP contribution < -0.4 is 5.32 Å². The molecular weight excluding hydrogens is 361 g/mol. The van der Waals surface area contributed by atoms with E-state index >= 15 is 0 Å². The Morgan fingerprint density at radius 3 is 2.75 bits per heavy atom. The van der Waals surface area contributed by atoms with Gasteiger partial charge < -0.3 is 5.32 Å². The van der Waals surface area contributed by atoms with Gasteiger partial charge in [-0.2, -0.15) is 0 Å². The van der Waals surface area contributed by atoms with Crippen molar-refractivity contribution in [2.45, 2.75) is 26.3 Å². The van der Waals surface area contributed by atoms with Crippen molar-refractivity contribution >= 4 is 38.9 Å². The van der Waals surface area contributed by atoms with Crippen LogP contribution in [0, 0.1) is 12.7 Å². The normalized spacial score (nSPS) is 12.7. The van der Waals surface area contributed by atoms with E-state index in [9.17, 15) is 4.39 Å². The van der Waals surface area contributed by atoms with Crippen molar-refractivity contribution in [3.63, 3.8) is 0 Å². The summed E-state index contributed by atoms with van der Waals surface area (Å²) < 4.78 is 15.4. The van der Waals surface area contributed by atoms with Gasteiger partial charge in [-0.05, 0) is 53.5 Å². The average Bonchev–Trinajstić information content (AvgIpc) is 2.74. The lowest BCUT2D eigenvalue weighted by atomic mass is 9.98. The fourth-order valence-corrected chi connectivity index (χ4v) is 4.09. The van der Waals surface area contributed by atoms with Crippen LogP contribution in [0.3, 0.4) is 0 Å². The molecule has 0 radical (unpaired) electrons. The Labute approximate surface area is 136 Å². The van der Waals surface area contributed by atoms with Crippen molar-refractivity contribution in [3.8, 4) is 0 Å². The molecule has 20 heavy (non-hydrogen) atoms. The lowest BCUT2D eigenvalue weighted by Gasteiger charge is -2.20. The molecule has 0 saturated heterocycles. The zero-order valence-electron chi connectivity index (χ0n) is 11.3. The van der Waals surface area contributed by atoms with Gasteiger partial charge in [-0.15, -0.1) is 11.3 Å². The second-order valence-electron chi connectivity index (χ2n) is 4.59. The van der Waals surface area contributed by atoms with Gasteiger partial charge in [-0.25, -0.2) is 4.39 Å². The highest BCUT2D eigenvalue weighted by Crippen LogP contribution is 2.35. The smallest absolute Gasteiger partial charge is 0.146 e. The zero-order chi connectivity index (χ0) is 14.7. The predicted octanol–water partition coefficient (Wildman–Crippen LogP) is 5.70. The molecule has 2 aromatic rings. The van der Waals surface area contributed by atoms with Crippen LogP contribution in [-0.4, -0.2) is 6.54 Å². The average molecular weight is 377 g/mol. The summed E-state index contributed by atoms with van der Waals surface area (Å²) in [6.45, 7) is 4.96. The van der Waals surface area contributed by atoms with Crippen molar-refractivity contribution in [1.82, 2.24) is 5.32 Å². The van der Waals surface area contributed by atoms with Crippen LogP contribution in [0.5, 0.6) is 0 Å². The third-order valence-corrected chi connectivity index (χ3v) is 4.99. The summed E-state index contributed by atoms with van der Waals surface area (Å²) in [5.41, 5.74) is 1.69. The maximum Gasteiger partial charge on any atom is 0.146 e. The molecule has 1 aromatic carbocycles. The first-order valence-corrected chi connectivity index (χ1v) is 8.46. The third-order valence-electron chi connectivity index (χ3n) is 3.13. The predicted molar refractivity (Wildman–Crippen MR) is 88.3 cm³/mol. The molecule has 0 aliphatic rings. The second kappa shape index (κ2) is 7.03. The molecule has 5 heteroatoms. The van der Waals surface area contributed by atoms with Crippen LogP contribution in [0.25, 0.3) is 0 Å². The summed E-state index contributed by atoms with van der Waals surface area (Å²) in [7, 11) is 0. The summed E-state index contributed by atoms with van der Waals surface area (Å²) in [4.78, 5) is 1.17. The number of aryl methyl sites for hydroxylation is 1. The highest BCUT2D eigenvalue weighted by atomic mass is 79.9. The van der Waals surface area contributed by atoms with E-state index in [-0.39, 0.29) is 16.9 Å². The van der Waals surface area contributed by atoms with Crippen LogP contribution in [-0.2, 0) is 0 Å². The van der Waals surface area contributed by atoms with Crippen molar-refractivity contribution in [2.75, 3.05) is 6.54 Å². The number of halogens is 3. The first-order valence-electron chi connectivity index (χ1n) is 6.47. The van der Waals surface area contributed by atoms with Crippen molar-refractivity contribution in [1.29, 1.82) is 0 Å². The quantitative estimate of drug-likeness (QED) is 0.705. The second-order valence-corrected chi connectivity index (χ2v) is 7.63. The summed E-state index contributed by atoms with van der Waals surface area (Å²) >= 11 is 11.1. The van der Waals surface area contributed by atoms with E-state index in [1.54, 1.807) is 29.5 Å². The Balaban J connectivity index is 2.47. The Hall–Kier alpha value is -0.420. The van der Waals surface area contributed by atoms with Crippen LogP contribution in [0.1, 0.15) is 35.4 Å². The number of hydrogen-bond acceptors (Lipinski definition) is 2. The topological polar surface area (TPSA) is 12.0 Å². The maximum absolute atomic E-state index is 14.3.